The summed E-state index contributed by atoms with van der Waals surface area (Å²) in [7, 11) is 0. The van der Waals surface area contributed by atoms with E-state index in [2.05, 4.69) is 129 Å². The van der Waals surface area contributed by atoms with Gasteiger partial charge >= 0.3 is 0 Å². The van der Waals surface area contributed by atoms with Crippen molar-refractivity contribution in [1.29, 1.82) is 10.5 Å². The maximum Gasteiger partial charge on any atom is 0.195 e. The maximum atomic E-state index is 10.9. The molecule has 286 valence electrons. The summed E-state index contributed by atoms with van der Waals surface area (Å²) < 4.78 is 4.67. The lowest BCUT2D eigenvalue weighted by Gasteiger charge is -2.18. The molecule has 0 aliphatic carbocycles. The highest BCUT2D eigenvalue weighted by Crippen LogP contribution is 2.49. The van der Waals surface area contributed by atoms with E-state index in [9.17, 15) is 10.5 Å². The van der Waals surface area contributed by atoms with Gasteiger partial charge in [-0.2, -0.15) is 10.5 Å². The third-order valence-corrected chi connectivity index (χ3v) is 12.0. The van der Waals surface area contributed by atoms with E-state index in [1.165, 1.54) is 0 Å². The highest BCUT2D eigenvalue weighted by Gasteiger charge is 2.26. The fourth-order valence-electron chi connectivity index (χ4n) is 9.42. The molecule has 5 heteroatoms. The SMILES string of the molecule is [C-]#[N+]c1cc(-c2cc(-c3ccccc3)c(C#N)c(-c3ccccc3)c2C#N)ccc1-c1cc2c(c3ccccc3n2-c2ccccc2)c2c3ccccc3n(-c3ccccc3)c12. The zero-order chi connectivity index (χ0) is 41.7. The molecule has 0 unspecified atom stereocenters. The van der Waals surface area contributed by atoms with E-state index < -0.39 is 0 Å². The van der Waals surface area contributed by atoms with Gasteiger partial charge in [0.05, 0.1) is 39.8 Å². The lowest BCUT2D eigenvalue weighted by Crippen LogP contribution is -1.99. The molecule has 0 N–H and O–H groups in total. The Labute approximate surface area is 358 Å². The van der Waals surface area contributed by atoms with Gasteiger partial charge in [0.15, 0.2) is 5.69 Å². The number of benzene rings is 9. The number of para-hydroxylation sites is 4. The van der Waals surface area contributed by atoms with Gasteiger partial charge in [-0.1, -0.05) is 146 Å². The van der Waals surface area contributed by atoms with E-state index in [4.69, 9.17) is 6.57 Å². The van der Waals surface area contributed by atoms with Crippen LogP contribution in [0.2, 0.25) is 0 Å². The van der Waals surface area contributed by atoms with Crippen molar-refractivity contribution in [2.45, 2.75) is 0 Å². The van der Waals surface area contributed by atoms with Crippen LogP contribution < -0.4 is 0 Å². The first-order chi connectivity index (χ1) is 30.7. The van der Waals surface area contributed by atoms with Crippen molar-refractivity contribution in [3.05, 3.63) is 223 Å². The first-order valence-electron chi connectivity index (χ1n) is 20.4. The highest BCUT2D eigenvalue weighted by molar-refractivity contribution is 6.31. The lowest BCUT2D eigenvalue weighted by molar-refractivity contribution is 1.17. The molecule has 0 bridgehead atoms. The van der Waals surface area contributed by atoms with Gasteiger partial charge < -0.3 is 9.13 Å². The molecule has 0 fully saturated rings. The average molecular weight is 788 g/mol. The molecule has 62 heavy (non-hydrogen) atoms. The van der Waals surface area contributed by atoms with E-state index >= 15 is 0 Å². The van der Waals surface area contributed by atoms with E-state index in [-0.39, 0.29) is 0 Å². The quantitative estimate of drug-likeness (QED) is 0.158. The standard InChI is InChI=1S/C57H33N5/c1-60-50-32-39(46-33-45(37-18-6-2-7-19-37)48(35-58)54(49(46)36-59)38-20-8-3-9-21-38)30-31-42(50)47-34-53-55(43-26-14-16-28-51(43)61(53)40-22-10-4-11-23-40)56-44-27-15-17-29-52(44)62(57(47)56)41-24-12-5-13-25-41/h2-34H. The first kappa shape index (κ1) is 36.2. The molecule has 0 spiro atoms. The zero-order valence-corrected chi connectivity index (χ0v) is 33.3. The van der Waals surface area contributed by atoms with Gasteiger partial charge in [0.2, 0.25) is 0 Å². The van der Waals surface area contributed by atoms with Gasteiger partial charge in [-0.05, 0) is 88.0 Å². The van der Waals surface area contributed by atoms with Crippen molar-refractivity contribution in [2.75, 3.05) is 0 Å². The van der Waals surface area contributed by atoms with Gasteiger partial charge in [0, 0.05) is 44.0 Å². The number of nitriles is 2. The summed E-state index contributed by atoms with van der Waals surface area (Å²) in [6.45, 7) is 8.77. The fraction of sp³-hybridized carbons (Fsp3) is 0. The summed E-state index contributed by atoms with van der Waals surface area (Å²) in [5.41, 5.74) is 13.6. The van der Waals surface area contributed by atoms with Crippen molar-refractivity contribution in [2.24, 2.45) is 0 Å². The lowest BCUT2D eigenvalue weighted by atomic mass is 9.83. The van der Waals surface area contributed by atoms with Crippen molar-refractivity contribution < 1.29 is 0 Å². The Hall–Kier alpha value is -8.95. The van der Waals surface area contributed by atoms with E-state index in [1.54, 1.807) is 0 Å². The maximum absolute atomic E-state index is 10.9. The highest BCUT2D eigenvalue weighted by atomic mass is 15.0. The predicted molar refractivity (Wildman–Crippen MR) is 253 cm³/mol. The molecule has 0 amide bonds. The van der Waals surface area contributed by atoms with E-state index in [1.807, 2.05) is 97.1 Å². The molecule has 11 rings (SSSR count). The minimum absolute atomic E-state index is 0.386. The number of fused-ring (bicyclic) bond motifs is 7. The Morgan fingerprint density at radius 2 is 0.903 bits per heavy atom. The summed E-state index contributed by atoms with van der Waals surface area (Å²) in [5, 5.41) is 26.2. The van der Waals surface area contributed by atoms with E-state index in [0.29, 0.717) is 27.9 Å². The van der Waals surface area contributed by atoms with Crippen LogP contribution in [0.25, 0.3) is 104 Å². The second kappa shape index (κ2) is 14.7. The Kier molecular flexibility index (Phi) is 8.57. The molecule has 2 aromatic heterocycles. The Morgan fingerprint density at radius 1 is 0.403 bits per heavy atom. The molecule has 0 aliphatic rings. The number of rotatable bonds is 6. The minimum Gasteiger partial charge on any atom is -0.309 e. The normalized spacial score (nSPS) is 11.2. The molecular weight excluding hydrogens is 755 g/mol. The first-order valence-corrected chi connectivity index (χ1v) is 20.4. The summed E-state index contributed by atoms with van der Waals surface area (Å²) in [6.07, 6.45) is 0. The molecule has 5 nitrogen and oxygen atoms in total. The molecule has 0 saturated heterocycles. The minimum atomic E-state index is 0.386. The fourth-order valence-corrected chi connectivity index (χ4v) is 9.42. The Morgan fingerprint density at radius 3 is 1.50 bits per heavy atom. The Balaban J connectivity index is 1.26. The van der Waals surface area contributed by atoms with Crippen LogP contribution in [0.15, 0.2) is 200 Å². The third-order valence-electron chi connectivity index (χ3n) is 12.0. The van der Waals surface area contributed by atoms with Gasteiger partial charge in [-0.25, -0.2) is 4.85 Å². The Bertz CT molecular complexity index is 3690. The average Bonchev–Trinajstić information content (AvgIpc) is 3.87. The van der Waals surface area contributed by atoms with Crippen LogP contribution in [0.3, 0.4) is 0 Å². The van der Waals surface area contributed by atoms with Gasteiger partial charge in [-0.3, -0.25) is 0 Å². The second-order valence-corrected chi connectivity index (χ2v) is 15.3. The number of hydrogen-bond donors (Lipinski definition) is 0. The summed E-state index contributed by atoms with van der Waals surface area (Å²) in [5.74, 6) is 0. The van der Waals surface area contributed by atoms with Crippen molar-refractivity contribution in [3.8, 4) is 68.0 Å². The molecule has 9 aromatic carbocycles. The second-order valence-electron chi connectivity index (χ2n) is 15.3. The van der Waals surface area contributed by atoms with Gasteiger partial charge in [0.1, 0.15) is 12.1 Å². The molecule has 0 aliphatic heterocycles. The van der Waals surface area contributed by atoms with Crippen LogP contribution in [-0.2, 0) is 0 Å². The third kappa shape index (κ3) is 5.53. The predicted octanol–water partition coefficient (Wildman–Crippen LogP) is 14.8. The van der Waals surface area contributed by atoms with Crippen LogP contribution in [0.1, 0.15) is 11.1 Å². The van der Waals surface area contributed by atoms with Crippen LogP contribution in [0.5, 0.6) is 0 Å². The molecule has 0 saturated carbocycles. The summed E-state index contributed by atoms with van der Waals surface area (Å²) in [6, 6.07) is 72.6. The summed E-state index contributed by atoms with van der Waals surface area (Å²) >= 11 is 0. The van der Waals surface area contributed by atoms with Crippen molar-refractivity contribution in [3.63, 3.8) is 0 Å². The monoisotopic (exact) mass is 787 g/mol. The molecule has 0 radical (unpaired) electrons. The van der Waals surface area contributed by atoms with E-state index in [0.717, 1.165) is 88.4 Å². The number of nitrogens with zero attached hydrogens (tertiary/aromatic N) is 5. The van der Waals surface area contributed by atoms with Crippen molar-refractivity contribution in [1.82, 2.24) is 9.13 Å². The smallest absolute Gasteiger partial charge is 0.195 e. The molecule has 0 atom stereocenters. The molecular formula is C57H33N5. The van der Waals surface area contributed by atoms with Crippen LogP contribution >= 0.6 is 0 Å². The van der Waals surface area contributed by atoms with Crippen molar-refractivity contribution >= 4 is 49.3 Å². The molecule has 2 heterocycles. The topological polar surface area (TPSA) is 61.8 Å². The largest absolute Gasteiger partial charge is 0.309 e. The van der Waals surface area contributed by atoms with Crippen LogP contribution in [0.4, 0.5) is 5.69 Å². The van der Waals surface area contributed by atoms with Crippen LogP contribution in [0, 0.1) is 29.2 Å². The summed E-state index contributed by atoms with van der Waals surface area (Å²) in [4.78, 5) is 4.25. The van der Waals surface area contributed by atoms with Crippen LogP contribution in [-0.4, -0.2) is 9.13 Å². The zero-order valence-electron chi connectivity index (χ0n) is 33.3. The number of hydrogen-bond acceptors (Lipinski definition) is 2. The van der Waals surface area contributed by atoms with Gasteiger partial charge in [-0.15, -0.1) is 0 Å². The number of aromatic nitrogens is 2. The molecule has 11 aromatic rings. The van der Waals surface area contributed by atoms with Gasteiger partial charge in [0.25, 0.3) is 0 Å².